The molecule has 8 heteroatoms. The number of aromatic carboxylic acids is 1. The van der Waals surface area contributed by atoms with Crippen LogP contribution in [-0.2, 0) is 10.4 Å². The Hall–Kier alpha value is -2.90. The van der Waals surface area contributed by atoms with Crippen LogP contribution in [0.2, 0.25) is 0 Å². The summed E-state index contributed by atoms with van der Waals surface area (Å²) in [5.74, 6) is -1.70. The van der Waals surface area contributed by atoms with Gasteiger partial charge in [-0.25, -0.2) is 9.18 Å². The van der Waals surface area contributed by atoms with Crippen LogP contribution >= 0.6 is 0 Å². The molecule has 0 aliphatic carbocycles. The minimum absolute atomic E-state index is 0.0389. The average molecular weight is 395 g/mol. The summed E-state index contributed by atoms with van der Waals surface area (Å²) >= 11 is 0. The molecule has 3 rings (SSSR count). The highest BCUT2D eigenvalue weighted by Crippen LogP contribution is 2.49. The Balaban J connectivity index is 2.04. The van der Waals surface area contributed by atoms with E-state index >= 15 is 0 Å². The fourth-order valence-corrected chi connectivity index (χ4v) is 3.32. The van der Waals surface area contributed by atoms with E-state index in [9.17, 15) is 22.4 Å². The van der Waals surface area contributed by atoms with Crippen LogP contribution in [0, 0.1) is 26.6 Å². The van der Waals surface area contributed by atoms with Crippen molar-refractivity contribution in [2.24, 2.45) is 5.16 Å². The summed E-state index contributed by atoms with van der Waals surface area (Å²) in [5, 5.41) is 12.8. The number of halogens is 4. The van der Waals surface area contributed by atoms with Gasteiger partial charge in [-0.05, 0) is 67.3 Å². The molecule has 0 fully saturated rings. The number of oxime groups is 1. The Bertz CT molecular complexity index is 974. The van der Waals surface area contributed by atoms with Gasteiger partial charge in [0, 0.05) is 12.0 Å². The van der Waals surface area contributed by atoms with E-state index in [4.69, 9.17) is 9.94 Å². The van der Waals surface area contributed by atoms with Crippen molar-refractivity contribution in [3.63, 3.8) is 0 Å². The molecule has 1 atom stereocenters. The van der Waals surface area contributed by atoms with Gasteiger partial charge in [-0.1, -0.05) is 11.2 Å². The van der Waals surface area contributed by atoms with Gasteiger partial charge in [0.15, 0.2) is 0 Å². The Morgan fingerprint density at radius 2 is 1.71 bits per heavy atom. The fourth-order valence-electron chi connectivity index (χ4n) is 3.32. The summed E-state index contributed by atoms with van der Waals surface area (Å²) < 4.78 is 56.0. The molecule has 0 saturated heterocycles. The fraction of sp³-hybridized carbons (Fsp3) is 0.300. The van der Waals surface area contributed by atoms with Crippen LogP contribution in [0.4, 0.5) is 17.6 Å². The molecule has 0 radical (unpaired) electrons. The van der Waals surface area contributed by atoms with Gasteiger partial charge >= 0.3 is 12.1 Å². The number of hydrogen-bond donors (Lipinski definition) is 1. The Morgan fingerprint density at radius 3 is 2.21 bits per heavy atom. The number of carbonyl (C=O) groups is 1. The molecule has 1 N–H and O–H groups in total. The maximum atomic E-state index is 14.0. The quantitative estimate of drug-likeness (QED) is 0.742. The number of nitrogens with zero attached hydrogens (tertiary/aromatic N) is 1. The predicted molar refractivity (Wildman–Crippen MR) is 94.0 cm³/mol. The smallest absolute Gasteiger partial charge is 0.435 e. The average Bonchev–Trinajstić information content (AvgIpc) is 3.05. The summed E-state index contributed by atoms with van der Waals surface area (Å²) in [5.41, 5.74) is -1.98. The summed E-state index contributed by atoms with van der Waals surface area (Å²) in [7, 11) is 0. The summed E-state index contributed by atoms with van der Waals surface area (Å²) in [6.45, 7) is 4.33. The molecule has 28 heavy (non-hydrogen) atoms. The number of benzene rings is 2. The molecule has 4 nitrogen and oxygen atoms in total. The first-order valence-electron chi connectivity index (χ1n) is 8.39. The molecule has 1 heterocycles. The monoisotopic (exact) mass is 395 g/mol. The van der Waals surface area contributed by atoms with Gasteiger partial charge in [0.2, 0.25) is 0 Å². The standard InChI is InChI=1S/C20H17F4NO3/c1-10-6-13(4-5-15(10)18(26)27)16-9-19(28-25-16,20(22,23)24)14-7-11(2)17(21)12(3)8-14/h4-8H,9H2,1-3H3,(H,26,27). The molecular weight excluding hydrogens is 378 g/mol. The zero-order chi connectivity index (χ0) is 20.9. The van der Waals surface area contributed by atoms with Crippen molar-refractivity contribution in [1.82, 2.24) is 0 Å². The van der Waals surface area contributed by atoms with Crippen LogP contribution in [0.25, 0.3) is 0 Å². The lowest BCUT2D eigenvalue weighted by molar-refractivity contribution is -0.275. The maximum absolute atomic E-state index is 14.0. The number of aryl methyl sites for hydroxylation is 3. The number of carboxylic acids is 1. The topological polar surface area (TPSA) is 58.9 Å². The summed E-state index contributed by atoms with van der Waals surface area (Å²) in [4.78, 5) is 16.1. The minimum atomic E-state index is -4.80. The van der Waals surface area contributed by atoms with E-state index in [1.807, 2.05) is 0 Å². The second kappa shape index (κ2) is 6.61. The number of rotatable bonds is 3. The molecule has 0 spiro atoms. The van der Waals surface area contributed by atoms with Crippen molar-refractivity contribution in [3.05, 3.63) is 69.5 Å². The molecule has 1 unspecified atom stereocenters. The number of carboxylic acid groups (broad SMARTS) is 1. The molecule has 2 aromatic carbocycles. The molecule has 148 valence electrons. The van der Waals surface area contributed by atoms with Gasteiger partial charge in [-0.15, -0.1) is 0 Å². The van der Waals surface area contributed by atoms with Gasteiger partial charge < -0.3 is 9.94 Å². The third kappa shape index (κ3) is 3.12. The molecule has 0 aromatic heterocycles. The van der Waals surface area contributed by atoms with Crippen LogP contribution < -0.4 is 0 Å². The molecule has 0 amide bonds. The minimum Gasteiger partial charge on any atom is -0.478 e. The molecule has 0 saturated carbocycles. The summed E-state index contributed by atoms with van der Waals surface area (Å²) in [6.07, 6.45) is -5.40. The van der Waals surface area contributed by atoms with E-state index in [0.717, 1.165) is 12.1 Å². The first-order valence-corrected chi connectivity index (χ1v) is 8.39. The van der Waals surface area contributed by atoms with E-state index in [2.05, 4.69) is 5.16 Å². The molecule has 0 bridgehead atoms. The van der Waals surface area contributed by atoms with E-state index in [1.54, 1.807) is 6.92 Å². The zero-order valence-electron chi connectivity index (χ0n) is 15.3. The van der Waals surface area contributed by atoms with Crippen LogP contribution in [0.1, 0.15) is 44.6 Å². The molecule has 1 aliphatic heterocycles. The van der Waals surface area contributed by atoms with Crippen molar-refractivity contribution in [2.75, 3.05) is 0 Å². The van der Waals surface area contributed by atoms with Crippen molar-refractivity contribution in [1.29, 1.82) is 0 Å². The zero-order valence-corrected chi connectivity index (χ0v) is 15.3. The van der Waals surface area contributed by atoms with Crippen LogP contribution in [0.15, 0.2) is 35.5 Å². The number of alkyl halides is 3. The van der Waals surface area contributed by atoms with Crippen molar-refractivity contribution >= 4 is 11.7 Å². The highest BCUT2D eigenvalue weighted by atomic mass is 19.4. The van der Waals surface area contributed by atoms with Gasteiger partial charge in [-0.2, -0.15) is 13.2 Å². The highest BCUT2D eigenvalue weighted by Gasteiger charge is 2.62. The van der Waals surface area contributed by atoms with Crippen LogP contribution in [0.3, 0.4) is 0 Å². The SMILES string of the molecule is Cc1cc(C2=NOC(c3cc(C)c(F)c(C)c3)(C(F)(F)F)C2)ccc1C(=O)O. The molecule has 2 aromatic rings. The third-order valence-corrected chi connectivity index (χ3v) is 4.88. The van der Waals surface area contributed by atoms with Crippen molar-refractivity contribution in [3.8, 4) is 0 Å². The van der Waals surface area contributed by atoms with Gasteiger partial charge in [0.1, 0.15) is 5.82 Å². The molecular formula is C20H17F4NO3. The van der Waals surface area contributed by atoms with Gasteiger partial charge in [-0.3, -0.25) is 0 Å². The highest BCUT2D eigenvalue weighted by molar-refractivity contribution is 6.03. The number of hydrogen-bond acceptors (Lipinski definition) is 3. The lowest BCUT2D eigenvalue weighted by atomic mass is 9.84. The van der Waals surface area contributed by atoms with E-state index in [0.29, 0.717) is 11.1 Å². The maximum Gasteiger partial charge on any atom is 0.435 e. The van der Waals surface area contributed by atoms with E-state index in [-0.39, 0.29) is 28.0 Å². The van der Waals surface area contributed by atoms with Gasteiger partial charge in [0.25, 0.3) is 5.60 Å². The second-order valence-electron chi connectivity index (χ2n) is 6.89. The lowest BCUT2D eigenvalue weighted by Gasteiger charge is -2.30. The Morgan fingerprint density at radius 1 is 1.11 bits per heavy atom. The lowest BCUT2D eigenvalue weighted by Crippen LogP contribution is -2.42. The molecule has 1 aliphatic rings. The Kier molecular flexibility index (Phi) is 4.69. The second-order valence-corrected chi connectivity index (χ2v) is 6.89. The largest absolute Gasteiger partial charge is 0.478 e. The van der Waals surface area contributed by atoms with Gasteiger partial charge in [0.05, 0.1) is 11.3 Å². The van der Waals surface area contributed by atoms with E-state index in [1.165, 1.54) is 32.0 Å². The van der Waals surface area contributed by atoms with Crippen LogP contribution in [-0.4, -0.2) is 23.0 Å². The summed E-state index contributed by atoms with van der Waals surface area (Å²) in [6, 6.07) is 6.40. The first-order chi connectivity index (χ1) is 13.0. The van der Waals surface area contributed by atoms with Crippen molar-refractivity contribution in [2.45, 2.75) is 39.0 Å². The Labute approximate surface area is 158 Å². The van der Waals surface area contributed by atoms with E-state index < -0.39 is 30.0 Å². The first kappa shape index (κ1) is 19.9. The normalized spacial score (nSPS) is 19.3. The van der Waals surface area contributed by atoms with Crippen molar-refractivity contribution < 1.29 is 32.3 Å². The predicted octanol–water partition coefficient (Wildman–Crippen LogP) is 5.03. The van der Waals surface area contributed by atoms with Crippen LogP contribution in [0.5, 0.6) is 0 Å². The third-order valence-electron chi connectivity index (χ3n) is 4.88.